The molecule has 0 atom stereocenters. The lowest BCUT2D eigenvalue weighted by atomic mass is 10.3. The maximum Gasteiger partial charge on any atom is 0.106 e. The van der Waals surface area contributed by atoms with Gasteiger partial charge in [-0.1, -0.05) is 12.1 Å². The molecule has 0 saturated carbocycles. The van der Waals surface area contributed by atoms with Crippen molar-refractivity contribution in [3.05, 3.63) is 54.4 Å². The van der Waals surface area contributed by atoms with E-state index in [9.17, 15) is 0 Å². The van der Waals surface area contributed by atoms with Crippen LogP contribution >= 0.6 is 0 Å². The molecule has 0 aliphatic carbocycles. The highest BCUT2D eigenvalue weighted by Gasteiger charge is 2.05. The van der Waals surface area contributed by atoms with Crippen molar-refractivity contribution < 1.29 is 0 Å². The van der Waals surface area contributed by atoms with Crippen LogP contribution < -0.4 is 5.32 Å². The molecule has 102 valence electrons. The Morgan fingerprint density at radius 3 is 2.95 bits per heavy atom. The molecule has 0 unspecified atom stereocenters. The first-order chi connectivity index (χ1) is 9.84. The predicted molar refractivity (Wildman–Crippen MR) is 78.2 cm³/mol. The first-order valence-electron chi connectivity index (χ1n) is 6.72. The van der Waals surface area contributed by atoms with E-state index in [4.69, 9.17) is 0 Å². The van der Waals surface area contributed by atoms with Gasteiger partial charge in [-0.3, -0.25) is 9.97 Å². The van der Waals surface area contributed by atoms with Gasteiger partial charge in [-0.25, -0.2) is 4.98 Å². The number of aryl methyl sites for hydroxylation is 1. The van der Waals surface area contributed by atoms with Crippen molar-refractivity contribution in [1.29, 1.82) is 0 Å². The molecular formula is C15H17N5. The molecule has 2 heterocycles. The summed E-state index contributed by atoms with van der Waals surface area (Å²) >= 11 is 0. The molecule has 5 nitrogen and oxygen atoms in total. The molecule has 0 spiro atoms. The van der Waals surface area contributed by atoms with Gasteiger partial charge in [0.25, 0.3) is 0 Å². The van der Waals surface area contributed by atoms with Crippen molar-refractivity contribution in [1.82, 2.24) is 24.8 Å². The molecule has 20 heavy (non-hydrogen) atoms. The average Bonchev–Trinajstić information content (AvgIpc) is 2.80. The summed E-state index contributed by atoms with van der Waals surface area (Å²) in [5, 5.41) is 3.38. The van der Waals surface area contributed by atoms with Crippen LogP contribution in [-0.2, 0) is 13.1 Å². The van der Waals surface area contributed by atoms with Gasteiger partial charge >= 0.3 is 0 Å². The number of hydrogen-bond donors (Lipinski definition) is 1. The normalized spacial score (nSPS) is 11.1. The molecule has 5 heteroatoms. The lowest BCUT2D eigenvalue weighted by Gasteiger charge is -2.08. The summed E-state index contributed by atoms with van der Waals surface area (Å²) in [6.45, 7) is 4.55. The van der Waals surface area contributed by atoms with Gasteiger partial charge in [0.05, 0.1) is 16.7 Å². The predicted octanol–water partition coefficient (Wildman–Crippen LogP) is 1.92. The Hall–Kier alpha value is -2.27. The summed E-state index contributed by atoms with van der Waals surface area (Å²) in [5.41, 5.74) is 3.20. The van der Waals surface area contributed by atoms with Crippen molar-refractivity contribution in [2.45, 2.75) is 20.0 Å². The van der Waals surface area contributed by atoms with Crippen molar-refractivity contribution in [2.24, 2.45) is 0 Å². The van der Waals surface area contributed by atoms with E-state index >= 15 is 0 Å². The highest BCUT2D eigenvalue weighted by molar-refractivity contribution is 5.75. The number of para-hydroxylation sites is 2. The minimum Gasteiger partial charge on any atom is -0.327 e. The molecule has 0 amide bonds. The van der Waals surface area contributed by atoms with E-state index in [0.29, 0.717) is 0 Å². The summed E-state index contributed by atoms with van der Waals surface area (Å²) in [4.78, 5) is 12.9. The fourth-order valence-electron chi connectivity index (χ4n) is 2.31. The molecule has 1 N–H and O–H groups in total. The lowest BCUT2D eigenvalue weighted by Crippen LogP contribution is -2.20. The van der Waals surface area contributed by atoms with Crippen molar-refractivity contribution in [3.8, 4) is 0 Å². The van der Waals surface area contributed by atoms with Gasteiger partial charge in [0.15, 0.2) is 0 Å². The second-order valence-electron chi connectivity index (χ2n) is 4.67. The minimum absolute atomic E-state index is 0.736. The molecule has 0 fully saturated rings. The Morgan fingerprint density at radius 1 is 1.20 bits per heavy atom. The van der Waals surface area contributed by atoms with E-state index in [-0.39, 0.29) is 0 Å². The minimum atomic E-state index is 0.736. The van der Waals surface area contributed by atoms with Gasteiger partial charge in [0, 0.05) is 38.2 Å². The van der Waals surface area contributed by atoms with E-state index < -0.39 is 0 Å². The third-order valence-corrected chi connectivity index (χ3v) is 3.28. The summed E-state index contributed by atoms with van der Waals surface area (Å²) in [7, 11) is 0. The number of nitrogens with zero attached hydrogens (tertiary/aromatic N) is 4. The van der Waals surface area contributed by atoms with Crippen LogP contribution in [0.15, 0.2) is 42.9 Å². The van der Waals surface area contributed by atoms with Crippen molar-refractivity contribution in [3.63, 3.8) is 0 Å². The van der Waals surface area contributed by atoms with E-state index in [1.165, 1.54) is 5.52 Å². The quantitative estimate of drug-likeness (QED) is 0.718. The molecule has 0 aliphatic heterocycles. The van der Waals surface area contributed by atoms with E-state index in [2.05, 4.69) is 30.9 Å². The smallest absolute Gasteiger partial charge is 0.106 e. The maximum absolute atomic E-state index is 4.56. The maximum atomic E-state index is 4.56. The van der Waals surface area contributed by atoms with Crippen LogP contribution in [0.3, 0.4) is 0 Å². The second kappa shape index (κ2) is 5.79. The number of rotatable bonds is 5. The fraction of sp³-hybridized carbons (Fsp3) is 0.267. The van der Waals surface area contributed by atoms with Crippen LogP contribution in [0, 0.1) is 6.92 Å². The van der Waals surface area contributed by atoms with Gasteiger partial charge in [-0.2, -0.15) is 0 Å². The number of imidazole rings is 1. The summed E-state index contributed by atoms with van der Waals surface area (Å²) in [6.07, 6.45) is 5.18. The fourth-order valence-corrected chi connectivity index (χ4v) is 2.31. The SMILES string of the molecule is Cc1nc2ccccc2n1CCNCc1cnccn1. The molecule has 2 aromatic heterocycles. The highest BCUT2D eigenvalue weighted by atomic mass is 15.1. The number of fused-ring (bicyclic) bond motifs is 1. The first kappa shape index (κ1) is 12.7. The van der Waals surface area contributed by atoms with Gasteiger partial charge in [-0.15, -0.1) is 0 Å². The molecular weight excluding hydrogens is 250 g/mol. The Morgan fingerprint density at radius 2 is 2.10 bits per heavy atom. The molecule has 3 rings (SSSR count). The zero-order chi connectivity index (χ0) is 13.8. The Balaban J connectivity index is 1.61. The Kier molecular flexibility index (Phi) is 3.69. The van der Waals surface area contributed by atoms with Crippen molar-refractivity contribution >= 4 is 11.0 Å². The van der Waals surface area contributed by atoms with Crippen LogP contribution in [0.4, 0.5) is 0 Å². The number of nitrogens with one attached hydrogen (secondary N) is 1. The molecule has 0 bridgehead atoms. The molecule has 0 saturated heterocycles. The van der Waals surface area contributed by atoms with E-state index in [1.807, 2.05) is 25.1 Å². The highest BCUT2D eigenvalue weighted by Crippen LogP contribution is 2.14. The van der Waals surface area contributed by atoms with Gasteiger partial charge in [-0.05, 0) is 19.1 Å². The van der Waals surface area contributed by atoms with E-state index in [1.54, 1.807) is 18.6 Å². The third kappa shape index (κ3) is 2.67. The van der Waals surface area contributed by atoms with Crippen LogP contribution in [0.2, 0.25) is 0 Å². The zero-order valence-corrected chi connectivity index (χ0v) is 11.5. The van der Waals surface area contributed by atoms with E-state index in [0.717, 1.165) is 36.7 Å². The Labute approximate surface area is 117 Å². The molecule has 1 aromatic carbocycles. The van der Waals surface area contributed by atoms with Gasteiger partial charge in [0.1, 0.15) is 5.82 Å². The lowest BCUT2D eigenvalue weighted by molar-refractivity contribution is 0.591. The summed E-state index contributed by atoms with van der Waals surface area (Å²) < 4.78 is 2.24. The zero-order valence-electron chi connectivity index (χ0n) is 11.5. The van der Waals surface area contributed by atoms with Gasteiger partial charge < -0.3 is 9.88 Å². The van der Waals surface area contributed by atoms with Crippen LogP contribution in [0.1, 0.15) is 11.5 Å². The first-order valence-corrected chi connectivity index (χ1v) is 6.72. The molecule has 3 aromatic rings. The van der Waals surface area contributed by atoms with Gasteiger partial charge in [0.2, 0.25) is 0 Å². The number of benzene rings is 1. The van der Waals surface area contributed by atoms with Crippen LogP contribution in [-0.4, -0.2) is 26.1 Å². The summed E-state index contributed by atoms with van der Waals surface area (Å²) in [6, 6.07) is 8.22. The molecule has 0 radical (unpaired) electrons. The van der Waals surface area contributed by atoms with Crippen LogP contribution in [0.5, 0.6) is 0 Å². The largest absolute Gasteiger partial charge is 0.327 e. The second-order valence-corrected chi connectivity index (χ2v) is 4.67. The topological polar surface area (TPSA) is 55.6 Å². The summed E-state index contributed by atoms with van der Waals surface area (Å²) in [5.74, 6) is 1.05. The average molecular weight is 267 g/mol. The van der Waals surface area contributed by atoms with Crippen LogP contribution in [0.25, 0.3) is 11.0 Å². The third-order valence-electron chi connectivity index (χ3n) is 3.28. The monoisotopic (exact) mass is 267 g/mol. The molecule has 0 aliphatic rings. The number of hydrogen-bond acceptors (Lipinski definition) is 4. The standard InChI is InChI=1S/C15H17N5/c1-12-19-14-4-2-3-5-15(14)20(12)9-8-17-11-13-10-16-6-7-18-13/h2-7,10,17H,8-9,11H2,1H3. The number of aromatic nitrogens is 4. The Bertz CT molecular complexity index is 690. The van der Waals surface area contributed by atoms with Crippen molar-refractivity contribution in [2.75, 3.05) is 6.54 Å².